The zero-order valence-corrected chi connectivity index (χ0v) is 10.8. The van der Waals surface area contributed by atoms with Gasteiger partial charge >= 0.3 is 11.9 Å². The maximum Gasteiger partial charge on any atom is 0.331 e. The first-order valence-corrected chi connectivity index (χ1v) is 5.62. The van der Waals surface area contributed by atoms with Crippen LogP contribution in [0, 0.1) is 0 Å². The number of ether oxygens (including phenoxy) is 2. The number of methoxy groups -OCH3 is 1. The second-order valence-corrected chi connectivity index (χ2v) is 3.94. The van der Waals surface area contributed by atoms with E-state index in [1.165, 1.54) is 7.11 Å². The van der Waals surface area contributed by atoms with Gasteiger partial charge < -0.3 is 20.1 Å². The molecule has 0 radical (unpaired) electrons. The van der Waals surface area contributed by atoms with Crippen LogP contribution in [-0.2, 0) is 23.9 Å². The SMILES string of the molecule is C=C1N[C@H](COC(=O)/C=C/C(=O)OC)C(=O)N[C@@H]1C. The molecule has 0 unspecified atom stereocenters. The van der Waals surface area contributed by atoms with Crippen LogP contribution in [0.2, 0.25) is 0 Å². The molecule has 7 nitrogen and oxygen atoms in total. The third-order valence-corrected chi connectivity index (χ3v) is 2.51. The average molecular weight is 268 g/mol. The molecule has 7 heteroatoms. The largest absolute Gasteiger partial charge is 0.466 e. The summed E-state index contributed by atoms with van der Waals surface area (Å²) in [6, 6.07) is -0.849. The lowest BCUT2D eigenvalue weighted by Gasteiger charge is -2.30. The summed E-state index contributed by atoms with van der Waals surface area (Å²) in [7, 11) is 1.20. The van der Waals surface area contributed by atoms with Crippen LogP contribution in [0.1, 0.15) is 6.92 Å². The van der Waals surface area contributed by atoms with Crippen LogP contribution in [-0.4, -0.2) is 43.6 Å². The van der Waals surface area contributed by atoms with Crippen molar-refractivity contribution >= 4 is 17.8 Å². The monoisotopic (exact) mass is 268 g/mol. The molecule has 1 aliphatic rings. The Morgan fingerprint density at radius 1 is 1.32 bits per heavy atom. The first-order chi connectivity index (χ1) is 8.93. The van der Waals surface area contributed by atoms with E-state index in [1.54, 1.807) is 6.92 Å². The fraction of sp³-hybridized carbons (Fsp3) is 0.417. The number of amides is 1. The smallest absolute Gasteiger partial charge is 0.331 e. The number of nitrogens with one attached hydrogen (secondary N) is 2. The lowest BCUT2D eigenvalue weighted by molar-refractivity contribution is -0.141. The molecular weight excluding hydrogens is 252 g/mol. The molecule has 2 atom stereocenters. The normalized spacial score (nSPS) is 22.6. The van der Waals surface area contributed by atoms with E-state index in [0.717, 1.165) is 12.2 Å². The van der Waals surface area contributed by atoms with Gasteiger partial charge in [-0.3, -0.25) is 4.79 Å². The Balaban J connectivity index is 2.42. The Kier molecular flexibility index (Phi) is 5.11. The minimum Gasteiger partial charge on any atom is -0.466 e. The number of piperazine rings is 1. The molecule has 0 aromatic rings. The highest BCUT2D eigenvalue weighted by Crippen LogP contribution is 2.05. The van der Waals surface area contributed by atoms with E-state index in [-0.39, 0.29) is 18.6 Å². The summed E-state index contributed by atoms with van der Waals surface area (Å²) in [5.41, 5.74) is 0.644. The molecule has 1 heterocycles. The molecule has 1 amide bonds. The standard InChI is InChI=1S/C12H16N2O5/c1-7-8(2)14-12(17)9(13-7)6-19-11(16)5-4-10(15)18-3/h4-5,8-9,13H,1,6H2,2-3H3,(H,14,17)/b5-4+/t8-,9-/m1/s1. The third-order valence-electron chi connectivity index (χ3n) is 2.51. The van der Waals surface area contributed by atoms with Gasteiger partial charge in [0.15, 0.2) is 0 Å². The lowest BCUT2D eigenvalue weighted by atomic mass is 10.1. The molecule has 2 N–H and O–H groups in total. The minimum absolute atomic E-state index is 0.151. The summed E-state index contributed by atoms with van der Waals surface area (Å²) >= 11 is 0. The number of esters is 2. The molecule has 0 saturated carbocycles. The van der Waals surface area contributed by atoms with Crippen molar-refractivity contribution < 1.29 is 23.9 Å². The first kappa shape index (κ1) is 14.7. The maximum atomic E-state index is 11.6. The maximum absolute atomic E-state index is 11.6. The Morgan fingerprint density at radius 2 is 1.95 bits per heavy atom. The van der Waals surface area contributed by atoms with Crippen LogP contribution < -0.4 is 10.6 Å². The summed E-state index contributed by atoms with van der Waals surface area (Å²) in [6.45, 7) is 5.37. The van der Waals surface area contributed by atoms with Gasteiger partial charge in [0.25, 0.3) is 0 Å². The predicted octanol–water partition coefficient (Wildman–Crippen LogP) is -0.751. The van der Waals surface area contributed by atoms with Crippen LogP contribution in [0.4, 0.5) is 0 Å². The summed E-state index contributed by atoms with van der Waals surface area (Å²) < 4.78 is 9.15. The van der Waals surface area contributed by atoms with Crippen LogP contribution in [0.3, 0.4) is 0 Å². The Morgan fingerprint density at radius 3 is 2.58 bits per heavy atom. The number of hydrogen-bond acceptors (Lipinski definition) is 6. The molecule has 1 rings (SSSR count). The van der Waals surface area contributed by atoms with E-state index >= 15 is 0 Å². The zero-order chi connectivity index (χ0) is 14.4. The second kappa shape index (κ2) is 6.58. The van der Waals surface area contributed by atoms with E-state index in [1.807, 2.05) is 0 Å². The molecule has 0 aromatic carbocycles. The van der Waals surface area contributed by atoms with Gasteiger partial charge in [0.1, 0.15) is 12.6 Å². The molecule has 0 aliphatic carbocycles. The van der Waals surface area contributed by atoms with E-state index in [0.29, 0.717) is 5.70 Å². The Labute approximate surface area is 110 Å². The fourth-order valence-electron chi connectivity index (χ4n) is 1.35. The van der Waals surface area contributed by atoms with Crippen LogP contribution in [0.25, 0.3) is 0 Å². The van der Waals surface area contributed by atoms with Gasteiger partial charge in [-0.2, -0.15) is 0 Å². The number of carbonyl (C=O) groups is 3. The van der Waals surface area contributed by atoms with Gasteiger partial charge in [0, 0.05) is 17.8 Å². The predicted molar refractivity (Wildman–Crippen MR) is 65.8 cm³/mol. The topological polar surface area (TPSA) is 93.7 Å². The van der Waals surface area contributed by atoms with Gasteiger partial charge in [0.05, 0.1) is 13.2 Å². The van der Waals surface area contributed by atoms with E-state index in [9.17, 15) is 14.4 Å². The molecule has 104 valence electrons. The van der Waals surface area contributed by atoms with Crippen LogP contribution in [0.15, 0.2) is 24.4 Å². The molecule has 1 saturated heterocycles. The van der Waals surface area contributed by atoms with Gasteiger partial charge in [-0.1, -0.05) is 6.58 Å². The molecule has 0 spiro atoms. The highest BCUT2D eigenvalue weighted by atomic mass is 16.5. The number of rotatable bonds is 4. The summed E-state index contributed by atoms with van der Waals surface area (Å²) in [5.74, 6) is -1.67. The molecule has 0 bridgehead atoms. The summed E-state index contributed by atoms with van der Waals surface area (Å²) in [6.07, 6.45) is 1.88. The second-order valence-electron chi connectivity index (χ2n) is 3.94. The van der Waals surface area contributed by atoms with Crippen molar-refractivity contribution in [3.8, 4) is 0 Å². The van der Waals surface area contributed by atoms with Gasteiger partial charge in [-0.15, -0.1) is 0 Å². The highest BCUT2D eigenvalue weighted by molar-refractivity contribution is 5.92. The Hall–Kier alpha value is -2.31. The van der Waals surface area contributed by atoms with Crippen molar-refractivity contribution in [2.24, 2.45) is 0 Å². The molecule has 1 fully saturated rings. The molecule has 19 heavy (non-hydrogen) atoms. The van der Waals surface area contributed by atoms with Crippen molar-refractivity contribution in [3.63, 3.8) is 0 Å². The Bertz CT molecular complexity index is 430. The zero-order valence-electron chi connectivity index (χ0n) is 10.8. The molecule has 0 aromatic heterocycles. The molecule has 1 aliphatic heterocycles. The fourth-order valence-corrected chi connectivity index (χ4v) is 1.35. The van der Waals surface area contributed by atoms with Crippen molar-refractivity contribution in [1.29, 1.82) is 0 Å². The van der Waals surface area contributed by atoms with E-state index in [4.69, 9.17) is 4.74 Å². The lowest BCUT2D eigenvalue weighted by Crippen LogP contribution is -2.57. The summed E-state index contributed by atoms with van der Waals surface area (Å²) in [5, 5.41) is 5.53. The molecular formula is C12H16N2O5. The first-order valence-electron chi connectivity index (χ1n) is 5.62. The van der Waals surface area contributed by atoms with Gasteiger partial charge in [0.2, 0.25) is 5.91 Å². The third kappa shape index (κ3) is 4.46. The van der Waals surface area contributed by atoms with Crippen LogP contribution in [0.5, 0.6) is 0 Å². The van der Waals surface area contributed by atoms with E-state index < -0.39 is 18.0 Å². The van der Waals surface area contributed by atoms with Crippen molar-refractivity contribution in [1.82, 2.24) is 10.6 Å². The van der Waals surface area contributed by atoms with Crippen molar-refractivity contribution in [2.45, 2.75) is 19.0 Å². The number of hydrogen-bond donors (Lipinski definition) is 2. The number of carbonyl (C=O) groups excluding carboxylic acids is 3. The van der Waals surface area contributed by atoms with Gasteiger partial charge in [-0.05, 0) is 6.92 Å². The minimum atomic E-state index is -0.732. The van der Waals surface area contributed by atoms with Crippen molar-refractivity contribution in [3.05, 3.63) is 24.4 Å². The highest BCUT2D eigenvalue weighted by Gasteiger charge is 2.28. The average Bonchev–Trinajstić information content (AvgIpc) is 2.38. The van der Waals surface area contributed by atoms with E-state index in [2.05, 4.69) is 21.9 Å². The summed E-state index contributed by atoms with van der Waals surface area (Å²) in [4.78, 5) is 33.6. The van der Waals surface area contributed by atoms with Crippen LogP contribution >= 0.6 is 0 Å². The quantitative estimate of drug-likeness (QED) is 0.514. The van der Waals surface area contributed by atoms with Gasteiger partial charge in [-0.25, -0.2) is 9.59 Å². The van der Waals surface area contributed by atoms with Crippen molar-refractivity contribution in [2.75, 3.05) is 13.7 Å².